The molecule has 0 amide bonds. The number of rotatable bonds is 1. The van der Waals surface area contributed by atoms with E-state index in [0.717, 1.165) is 0 Å². The van der Waals surface area contributed by atoms with Gasteiger partial charge in [0, 0.05) is 23.2 Å². The van der Waals surface area contributed by atoms with Gasteiger partial charge >= 0.3 is 0 Å². The SMILES string of the molecule is CCC(C)=O.[Co]. The van der Waals surface area contributed by atoms with E-state index >= 15 is 0 Å². The molecule has 0 fully saturated rings. The minimum absolute atomic E-state index is 0. The van der Waals surface area contributed by atoms with Crippen LogP contribution in [0.5, 0.6) is 0 Å². The molecule has 0 aromatic rings. The third kappa shape index (κ3) is 8.90. The van der Waals surface area contributed by atoms with Crippen molar-refractivity contribution >= 4 is 5.78 Å². The Kier molecular flexibility index (Phi) is 8.19. The zero-order valence-electron chi connectivity index (χ0n) is 3.95. The molecule has 0 rings (SSSR count). The Morgan fingerprint density at radius 2 is 1.83 bits per heavy atom. The largest absolute Gasteiger partial charge is 0.300 e. The fraction of sp³-hybridized carbons (Fsp3) is 0.750. The molecule has 6 heavy (non-hydrogen) atoms. The van der Waals surface area contributed by atoms with E-state index in [1.54, 1.807) is 6.92 Å². The molecule has 0 aromatic carbocycles. The summed E-state index contributed by atoms with van der Waals surface area (Å²) in [6.45, 7) is 3.43. The molecule has 0 N–H and O–H groups in total. The molecule has 1 nitrogen and oxygen atoms in total. The minimum Gasteiger partial charge on any atom is -0.300 e. The Morgan fingerprint density at radius 1 is 1.67 bits per heavy atom. The van der Waals surface area contributed by atoms with Gasteiger partial charge in [-0.25, -0.2) is 0 Å². The molecule has 0 aliphatic carbocycles. The van der Waals surface area contributed by atoms with Gasteiger partial charge in [0.1, 0.15) is 5.78 Å². The fourth-order valence-electron chi connectivity index (χ4n) is 0. The summed E-state index contributed by atoms with van der Waals surface area (Å²) in [4.78, 5) is 9.81. The van der Waals surface area contributed by atoms with Crippen molar-refractivity contribution in [3.63, 3.8) is 0 Å². The number of Topliss-reactive ketones (excluding diaryl/α,β-unsaturated/α-hetero) is 1. The normalized spacial score (nSPS) is 6.33. The summed E-state index contributed by atoms with van der Waals surface area (Å²) >= 11 is 0. The van der Waals surface area contributed by atoms with Crippen LogP contribution in [-0.4, -0.2) is 5.78 Å². The summed E-state index contributed by atoms with van der Waals surface area (Å²) in [5.41, 5.74) is 0. The Labute approximate surface area is 48.3 Å². The van der Waals surface area contributed by atoms with Crippen molar-refractivity contribution in [3.05, 3.63) is 0 Å². The van der Waals surface area contributed by atoms with Crippen LogP contribution in [0.4, 0.5) is 0 Å². The van der Waals surface area contributed by atoms with Crippen LogP contribution in [0, 0.1) is 0 Å². The summed E-state index contributed by atoms with van der Waals surface area (Å²) < 4.78 is 0. The molecule has 1 radical (unpaired) electrons. The van der Waals surface area contributed by atoms with Gasteiger partial charge in [0.15, 0.2) is 0 Å². The second-order valence-electron chi connectivity index (χ2n) is 1.06. The van der Waals surface area contributed by atoms with Gasteiger partial charge in [-0.3, -0.25) is 0 Å². The fourth-order valence-corrected chi connectivity index (χ4v) is 0. The first kappa shape index (κ1) is 9.49. The molecule has 0 atom stereocenters. The van der Waals surface area contributed by atoms with Gasteiger partial charge in [-0.2, -0.15) is 0 Å². The minimum atomic E-state index is 0. The Hall–Kier alpha value is 0.176. The van der Waals surface area contributed by atoms with Crippen LogP contribution in [0.1, 0.15) is 20.3 Å². The van der Waals surface area contributed by atoms with Crippen molar-refractivity contribution in [2.24, 2.45) is 0 Å². The maximum absolute atomic E-state index is 9.81. The first-order valence-electron chi connectivity index (χ1n) is 1.76. The van der Waals surface area contributed by atoms with Gasteiger partial charge in [-0.05, 0) is 6.92 Å². The number of carbonyl (C=O) groups excluding carboxylic acids is 1. The van der Waals surface area contributed by atoms with Crippen LogP contribution < -0.4 is 0 Å². The number of carbonyl (C=O) groups is 1. The molecule has 0 saturated carbocycles. The van der Waals surface area contributed by atoms with Crippen LogP contribution in [0.2, 0.25) is 0 Å². The van der Waals surface area contributed by atoms with Crippen LogP contribution in [0.3, 0.4) is 0 Å². The first-order chi connectivity index (χ1) is 2.27. The van der Waals surface area contributed by atoms with Crippen LogP contribution in [-0.2, 0) is 21.6 Å². The third-order valence-corrected chi connectivity index (χ3v) is 0.498. The summed E-state index contributed by atoms with van der Waals surface area (Å²) in [6.07, 6.45) is 0.667. The smallest absolute Gasteiger partial charge is 0.129 e. The Morgan fingerprint density at radius 3 is 1.83 bits per heavy atom. The number of ketones is 1. The molecule has 0 unspecified atom stereocenters. The van der Waals surface area contributed by atoms with E-state index in [9.17, 15) is 4.79 Å². The van der Waals surface area contributed by atoms with Crippen molar-refractivity contribution in [1.29, 1.82) is 0 Å². The topological polar surface area (TPSA) is 17.1 Å². The van der Waals surface area contributed by atoms with E-state index in [2.05, 4.69) is 0 Å². The van der Waals surface area contributed by atoms with Crippen molar-refractivity contribution in [2.45, 2.75) is 20.3 Å². The predicted octanol–water partition coefficient (Wildman–Crippen LogP) is 0.983. The van der Waals surface area contributed by atoms with E-state index in [1.807, 2.05) is 6.92 Å². The van der Waals surface area contributed by atoms with E-state index in [0.29, 0.717) is 6.42 Å². The van der Waals surface area contributed by atoms with Gasteiger partial charge in [0.05, 0.1) is 0 Å². The third-order valence-electron chi connectivity index (χ3n) is 0.498. The Bertz CT molecular complexity index is 42.8. The van der Waals surface area contributed by atoms with Crippen molar-refractivity contribution in [3.8, 4) is 0 Å². The summed E-state index contributed by atoms with van der Waals surface area (Å²) in [5, 5.41) is 0. The average molecular weight is 131 g/mol. The second kappa shape index (κ2) is 5.18. The zero-order valence-corrected chi connectivity index (χ0v) is 4.99. The second-order valence-corrected chi connectivity index (χ2v) is 1.06. The molecule has 2 heteroatoms. The molecule has 0 bridgehead atoms. The molecular formula is C4H8CoO. The molecule has 0 heterocycles. The molecule has 0 aliphatic rings. The maximum Gasteiger partial charge on any atom is 0.129 e. The summed E-state index contributed by atoms with van der Waals surface area (Å²) in [7, 11) is 0. The van der Waals surface area contributed by atoms with Crippen LogP contribution in [0.15, 0.2) is 0 Å². The van der Waals surface area contributed by atoms with E-state index in [1.165, 1.54) is 0 Å². The molecule has 0 aromatic heterocycles. The first-order valence-corrected chi connectivity index (χ1v) is 1.76. The van der Waals surface area contributed by atoms with E-state index in [-0.39, 0.29) is 22.6 Å². The molecule has 0 saturated heterocycles. The number of hydrogen-bond donors (Lipinski definition) is 0. The van der Waals surface area contributed by atoms with Gasteiger partial charge in [0.2, 0.25) is 0 Å². The average Bonchev–Trinajstić information content (AvgIpc) is 1.38. The standard InChI is InChI=1S/C4H8O.Co/c1-3-4(2)5;/h3H2,1-2H3;. The summed E-state index contributed by atoms with van der Waals surface area (Å²) in [6, 6.07) is 0. The van der Waals surface area contributed by atoms with E-state index in [4.69, 9.17) is 0 Å². The van der Waals surface area contributed by atoms with Gasteiger partial charge in [0.25, 0.3) is 0 Å². The van der Waals surface area contributed by atoms with Gasteiger partial charge in [-0.15, -0.1) is 0 Å². The zero-order chi connectivity index (χ0) is 4.28. The molecule has 0 aliphatic heterocycles. The van der Waals surface area contributed by atoms with Crippen molar-refractivity contribution < 1.29 is 21.6 Å². The van der Waals surface area contributed by atoms with Gasteiger partial charge < -0.3 is 4.79 Å². The van der Waals surface area contributed by atoms with Crippen LogP contribution in [0.25, 0.3) is 0 Å². The molecule has 39 valence electrons. The molecular weight excluding hydrogens is 123 g/mol. The molecule has 0 spiro atoms. The monoisotopic (exact) mass is 131 g/mol. The van der Waals surface area contributed by atoms with Crippen LogP contribution >= 0.6 is 0 Å². The predicted molar refractivity (Wildman–Crippen MR) is 21.0 cm³/mol. The van der Waals surface area contributed by atoms with E-state index < -0.39 is 0 Å². The quantitative estimate of drug-likeness (QED) is 0.518. The van der Waals surface area contributed by atoms with Gasteiger partial charge in [-0.1, -0.05) is 6.92 Å². The Balaban J connectivity index is 0. The number of hydrogen-bond acceptors (Lipinski definition) is 1. The van der Waals surface area contributed by atoms with Crippen molar-refractivity contribution in [1.82, 2.24) is 0 Å². The van der Waals surface area contributed by atoms with Crippen molar-refractivity contribution in [2.75, 3.05) is 0 Å². The maximum atomic E-state index is 9.81. The summed E-state index contributed by atoms with van der Waals surface area (Å²) in [5.74, 6) is 0.255.